The van der Waals surface area contributed by atoms with Gasteiger partial charge in [-0.3, -0.25) is 14.2 Å². The predicted octanol–water partition coefficient (Wildman–Crippen LogP) is 2.28. The van der Waals surface area contributed by atoms with Crippen LogP contribution in [0.3, 0.4) is 0 Å². The zero-order valence-corrected chi connectivity index (χ0v) is 13.5. The number of amides is 1. The standard InChI is InChI=1S/C14H20ClN5O/c1-5-19-8-12(15)13(17-19)9-18(4)14(21)11(3)20-7-10(2)6-16-20/h6-8,11H,5,9H2,1-4H3. The van der Waals surface area contributed by atoms with Gasteiger partial charge in [0.15, 0.2) is 0 Å². The summed E-state index contributed by atoms with van der Waals surface area (Å²) in [7, 11) is 1.75. The zero-order chi connectivity index (χ0) is 15.6. The van der Waals surface area contributed by atoms with Crippen molar-refractivity contribution in [1.82, 2.24) is 24.5 Å². The number of rotatable bonds is 5. The Morgan fingerprint density at radius 2 is 2.19 bits per heavy atom. The van der Waals surface area contributed by atoms with Gasteiger partial charge in [0.1, 0.15) is 11.7 Å². The van der Waals surface area contributed by atoms with Crippen molar-refractivity contribution in [2.75, 3.05) is 7.05 Å². The van der Waals surface area contributed by atoms with Gasteiger partial charge in [0, 0.05) is 26.0 Å². The molecule has 0 aliphatic carbocycles. The molecule has 2 rings (SSSR count). The van der Waals surface area contributed by atoms with Crippen molar-refractivity contribution in [3.63, 3.8) is 0 Å². The monoisotopic (exact) mass is 309 g/mol. The number of carbonyl (C=O) groups is 1. The maximum Gasteiger partial charge on any atom is 0.247 e. The summed E-state index contributed by atoms with van der Waals surface area (Å²) in [4.78, 5) is 14.1. The van der Waals surface area contributed by atoms with Crippen LogP contribution >= 0.6 is 11.6 Å². The van der Waals surface area contributed by atoms with Crippen molar-refractivity contribution in [3.05, 3.63) is 34.9 Å². The normalized spacial score (nSPS) is 12.4. The lowest BCUT2D eigenvalue weighted by Crippen LogP contribution is -2.33. The number of aryl methyl sites for hydroxylation is 2. The number of halogens is 1. The summed E-state index contributed by atoms with van der Waals surface area (Å²) in [6, 6.07) is -0.351. The molecule has 1 amide bonds. The molecule has 0 saturated heterocycles. The fourth-order valence-corrected chi connectivity index (χ4v) is 2.30. The second-order valence-electron chi connectivity index (χ2n) is 5.15. The lowest BCUT2D eigenvalue weighted by atomic mass is 10.3. The molecule has 1 atom stereocenters. The van der Waals surface area contributed by atoms with Crippen LogP contribution in [-0.2, 0) is 17.9 Å². The van der Waals surface area contributed by atoms with Crippen LogP contribution in [0.15, 0.2) is 18.6 Å². The van der Waals surface area contributed by atoms with Crippen LogP contribution in [0.25, 0.3) is 0 Å². The molecule has 0 saturated carbocycles. The summed E-state index contributed by atoms with van der Waals surface area (Å²) in [6.07, 6.45) is 5.37. The summed E-state index contributed by atoms with van der Waals surface area (Å²) >= 11 is 6.13. The highest BCUT2D eigenvalue weighted by Crippen LogP contribution is 2.17. The molecule has 0 bridgehead atoms. The van der Waals surface area contributed by atoms with Crippen molar-refractivity contribution in [3.8, 4) is 0 Å². The molecule has 2 heterocycles. The predicted molar refractivity (Wildman–Crippen MR) is 81.1 cm³/mol. The molecule has 0 radical (unpaired) electrons. The Balaban J connectivity index is 2.06. The summed E-state index contributed by atoms with van der Waals surface area (Å²) in [5, 5.41) is 9.12. The average molecular weight is 310 g/mol. The molecule has 0 aromatic carbocycles. The van der Waals surface area contributed by atoms with Gasteiger partial charge < -0.3 is 4.90 Å². The van der Waals surface area contributed by atoms with E-state index in [2.05, 4.69) is 10.2 Å². The summed E-state index contributed by atoms with van der Waals surface area (Å²) < 4.78 is 3.43. The average Bonchev–Trinajstić information content (AvgIpc) is 3.04. The van der Waals surface area contributed by atoms with E-state index in [0.29, 0.717) is 17.3 Å². The molecule has 7 heteroatoms. The van der Waals surface area contributed by atoms with Crippen LogP contribution in [0.4, 0.5) is 0 Å². The van der Waals surface area contributed by atoms with E-state index < -0.39 is 0 Å². The third-order valence-electron chi connectivity index (χ3n) is 3.36. The molecule has 0 fully saturated rings. The Labute approximate surface area is 129 Å². The lowest BCUT2D eigenvalue weighted by Gasteiger charge is -2.21. The molecule has 2 aromatic heterocycles. The minimum Gasteiger partial charge on any atom is -0.338 e. The Morgan fingerprint density at radius 1 is 1.48 bits per heavy atom. The van der Waals surface area contributed by atoms with Crippen molar-refractivity contribution >= 4 is 17.5 Å². The molecule has 114 valence electrons. The van der Waals surface area contributed by atoms with Gasteiger partial charge in [-0.25, -0.2) is 0 Å². The number of carbonyl (C=O) groups excluding carboxylic acids is 1. The third kappa shape index (κ3) is 3.44. The van der Waals surface area contributed by atoms with Crippen molar-refractivity contribution in [2.24, 2.45) is 0 Å². The first-order valence-electron chi connectivity index (χ1n) is 6.90. The van der Waals surface area contributed by atoms with E-state index in [0.717, 1.165) is 12.1 Å². The Hall–Kier alpha value is -1.82. The first kappa shape index (κ1) is 15.6. The molecule has 21 heavy (non-hydrogen) atoms. The molecule has 1 unspecified atom stereocenters. The van der Waals surface area contributed by atoms with Gasteiger partial charge in [-0.2, -0.15) is 10.2 Å². The van der Waals surface area contributed by atoms with E-state index in [1.165, 1.54) is 0 Å². The minimum absolute atomic E-state index is 0.0276. The maximum absolute atomic E-state index is 12.4. The zero-order valence-electron chi connectivity index (χ0n) is 12.7. The van der Waals surface area contributed by atoms with E-state index in [4.69, 9.17) is 11.6 Å². The van der Waals surface area contributed by atoms with Gasteiger partial charge >= 0.3 is 0 Å². The number of hydrogen-bond acceptors (Lipinski definition) is 3. The van der Waals surface area contributed by atoms with Gasteiger partial charge in [-0.15, -0.1) is 0 Å². The van der Waals surface area contributed by atoms with Gasteiger partial charge in [-0.1, -0.05) is 11.6 Å². The van der Waals surface area contributed by atoms with E-state index in [9.17, 15) is 4.79 Å². The van der Waals surface area contributed by atoms with Gasteiger partial charge in [0.2, 0.25) is 5.91 Å². The minimum atomic E-state index is -0.351. The van der Waals surface area contributed by atoms with Crippen LogP contribution in [-0.4, -0.2) is 37.4 Å². The largest absolute Gasteiger partial charge is 0.338 e. The first-order valence-corrected chi connectivity index (χ1v) is 7.27. The van der Waals surface area contributed by atoms with Crippen LogP contribution in [0.1, 0.15) is 31.1 Å². The summed E-state index contributed by atoms with van der Waals surface area (Å²) in [6.45, 7) is 6.90. The van der Waals surface area contributed by atoms with Crippen molar-refractivity contribution in [2.45, 2.75) is 39.9 Å². The second-order valence-corrected chi connectivity index (χ2v) is 5.55. The van der Waals surface area contributed by atoms with Gasteiger partial charge in [-0.05, 0) is 26.3 Å². The highest BCUT2D eigenvalue weighted by atomic mass is 35.5. The smallest absolute Gasteiger partial charge is 0.247 e. The van der Waals surface area contributed by atoms with E-state index in [-0.39, 0.29) is 11.9 Å². The number of hydrogen-bond donors (Lipinski definition) is 0. The number of aromatic nitrogens is 4. The molecule has 0 N–H and O–H groups in total. The quantitative estimate of drug-likeness (QED) is 0.851. The SMILES string of the molecule is CCn1cc(Cl)c(CN(C)C(=O)C(C)n2cc(C)cn2)n1. The van der Waals surface area contributed by atoms with E-state index >= 15 is 0 Å². The van der Waals surface area contributed by atoms with Crippen molar-refractivity contribution < 1.29 is 4.79 Å². The summed E-state index contributed by atoms with van der Waals surface area (Å²) in [5.41, 5.74) is 1.74. The summed E-state index contributed by atoms with van der Waals surface area (Å²) in [5.74, 6) is -0.0276. The molecule has 6 nitrogen and oxygen atoms in total. The highest BCUT2D eigenvalue weighted by molar-refractivity contribution is 6.31. The molecule has 0 aliphatic rings. The highest BCUT2D eigenvalue weighted by Gasteiger charge is 2.21. The Bertz CT molecular complexity index is 633. The first-order chi connectivity index (χ1) is 9.92. The molecule has 0 spiro atoms. The van der Waals surface area contributed by atoms with Gasteiger partial charge in [0.05, 0.1) is 17.8 Å². The third-order valence-corrected chi connectivity index (χ3v) is 3.67. The van der Waals surface area contributed by atoms with Crippen molar-refractivity contribution in [1.29, 1.82) is 0 Å². The topological polar surface area (TPSA) is 56.0 Å². The molecular formula is C14H20ClN5O. The van der Waals surface area contributed by atoms with Crippen LogP contribution in [0, 0.1) is 6.92 Å². The fourth-order valence-electron chi connectivity index (χ4n) is 2.09. The Morgan fingerprint density at radius 3 is 2.71 bits per heavy atom. The van der Waals surface area contributed by atoms with Crippen LogP contribution < -0.4 is 0 Å². The van der Waals surface area contributed by atoms with E-state index in [1.54, 1.807) is 33.7 Å². The number of likely N-dealkylation sites (N-methyl/N-ethyl adjacent to an activating group) is 1. The second kappa shape index (κ2) is 6.30. The van der Waals surface area contributed by atoms with Crippen LogP contribution in [0.2, 0.25) is 5.02 Å². The lowest BCUT2D eigenvalue weighted by molar-refractivity contribution is -0.133. The molecule has 2 aromatic rings. The number of nitrogens with zero attached hydrogens (tertiary/aromatic N) is 5. The van der Waals surface area contributed by atoms with Gasteiger partial charge in [0.25, 0.3) is 0 Å². The fraction of sp³-hybridized carbons (Fsp3) is 0.500. The molecule has 0 aliphatic heterocycles. The van der Waals surface area contributed by atoms with Crippen LogP contribution in [0.5, 0.6) is 0 Å². The molecular weight excluding hydrogens is 290 g/mol. The Kier molecular flexibility index (Phi) is 4.67. The van der Waals surface area contributed by atoms with E-state index in [1.807, 2.05) is 27.0 Å². The maximum atomic E-state index is 12.4.